The molecule has 38 heavy (non-hydrogen) atoms. The predicted molar refractivity (Wildman–Crippen MR) is 134 cm³/mol. The molecule has 9 nitrogen and oxygen atoms in total. The van der Waals surface area contributed by atoms with Crippen molar-refractivity contribution >= 4 is 33.6 Å². The Labute approximate surface area is 221 Å². The van der Waals surface area contributed by atoms with Crippen molar-refractivity contribution in [3.8, 4) is 5.75 Å². The van der Waals surface area contributed by atoms with Gasteiger partial charge in [0.05, 0.1) is 21.9 Å². The highest BCUT2D eigenvalue weighted by Crippen LogP contribution is 2.33. The smallest absolute Gasteiger partial charge is 0.416 e. The fraction of sp³-hybridized carbons (Fsp3) is 0.440. The number of hydrogen-bond donors (Lipinski definition) is 1. The molecule has 0 bridgehead atoms. The third kappa shape index (κ3) is 7.32. The summed E-state index contributed by atoms with van der Waals surface area (Å²) in [4.78, 5) is 30.8. The predicted octanol–water partition coefficient (Wildman–Crippen LogP) is 3.97. The molecule has 0 spiro atoms. The summed E-state index contributed by atoms with van der Waals surface area (Å²) in [5, 5.41) is 9.53. The molecule has 2 aromatic heterocycles. The highest BCUT2D eigenvalue weighted by atomic mass is 32.1. The number of aliphatic hydroxyl groups excluding tert-OH is 1. The molecule has 2 heterocycles. The van der Waals surface area contributed by atoms with Gasteiger partial charge in [-0.25, -0.2) is 4.79 Å². The van der Waals surface area contributed by atoms with Crippen LogP contribution in [0.25, 0.3) is 10.2 Å². The number of pyridine rings is 1. The van der Waals surface area contributed by atoms with Gasteiger partial charge in [0, 0.05) is 26.7 Å². The van der Waals surface area contributed by atoms with Crippen molar-refractivity contribution in [2.45, 2.75) is 52.2 Å². The van der Waals surface area contributed by atoms with Crippen molar-refractivity contribution in [2.24, 2.45) is 4.99 Å². The summed E-state index contributed by atoms with van der Waals surface area (Å²) in [5.41, 5.74) is -0.636. The van der Waals surface area contributed by atoms with Gasteiger partial charge in [-0.3, -0.25) is 4.79 Å². The summed E-state index contributed by atoms with van der Waals surface area (Å²) < 4.78 is 55.0. The molecule has 0 radical (unpaired) electrons. The van der Waals surface area contributed by atoms with Crippen molar-refractivity contribution in [3.05, 3.63) is 52.6 Å². The number of alkyl halides is 3. The Balaban J connectivity index is 2.07. The molecular formula is C25H30F3N4O5S+. The molecule has 0 aliphatic heterocycles. The van der Waals surface area contributed by atoms with E-state index in [1.54, 1.807) is 37.1 Å². The maximum absolute atomic E-state index is 13.4. The fourth-order valence-electron chi connectivity index (χ4n) is 3.37. The van der Waals surface area contributed by atoms with Crippen LogP contribution in [-0.4, -0.2) is 53.4 Å². The Hall–Kier alpha value is -3.45. The first-order valence-electron chi connectivity index (χ1n) is 11.9. The quantitative estimate of drug-likeness (QED) is 0.403. The Morgan fingerprint density at radius 2 is 2.00 bits per heavy atom. The minimum absolute atomic E-state index is 0.0315. The maximum Gasteiger partial charge on any atom is 0.416 e. The van der Waals surface area contributed by atoms with Crippen LogP contribution in [0, 0.1) is 0 Å². The largest absolute Gasteiger partial charge is 0.490 e. The van der Waals surface area contributed by atoms with Crippen molar-refractivity contribution < 1.29 is 41.9 Å². The lowest BCUT2D eigenvalue weighted by Crippen LogP contribution is -2.37. The number of nitrogens with zero attached hydrogens (tertiary/aromatic N) is 4. The third-order valence-corrected chi connectivity index (χ3v) is 6.39. The number of amides is 2. The zero-order valence-corrected chi connectivity index (χ0v) is 22.3. The van der Waals surface area contributed by atoms with E-state index in [1.165, 1.54) is 23.2 Å². The maximum atomic E-state index is 13.4. The number of unbranched alkanes of at least 4 members (excludes halogenated alkanes) is 1. The van der Waals surface area contributed by atoms with E-state index in [0.717, 1.165) is 35.2 Å². The van der Waals surface area contributed by atoms with Crippen molar-refractivity contribution in [3.63, 3.8) is 0 Å². The molecule has 0 aliphatic rings. The summed E-state index contributed by atoms with van der Waals surface area (Å²) >= 11 is 1.21. The summed E-state index contributed by atoms with van der Waals surface area (Å²) in [7, 11) is 3.15. The SMILES string of the molecule is CCCCn1/c(=N/C(=O)c2cc(C(F)(F)F)ccc2OC[C@H](C)O)sc2cc[n+](COC(=O)N(C)C)cc21. The highest BCUT2D eigenvalue weighted by molar-refractivity contribution is 7.16. The molecule has 1 N–H and O–H groups in total. The van der Waals surface area contributed by atoms with Crippen LogP contribution < -0.4 is 14.1 Å². The molecule has 13 heteroatoms. The lowest BCUT2D eigenvalue weighted by molar-refractivity contribution is -0.726. The third-order valence-electron chi connectivity index (χ3n) is 5.33. The average Bonchev–Trinajstić information content (AvgIpc) is 3.19. The Bertz CT molecular complexity index is 1370. The van der Waals surface area contributed by atoms with E-state index in [1.807, 2.05) is 11.5 Å². The van der Waals surface area contributed by atoms with Crippen LogP contribution in [0.2, 0.25) is 0 Å². The Morgan fingerprint density at radius 1 is 1.26 bits per heavy atom. The number of benzene rings is 1. The van der Waals surface area contributed by atoms with E-state index in [9.17, 15) is 27.9 Å². The molecule has 0 aliphatic carbocycles. The number of ether oxygens (including phenoxy) is 2. The monoisotopic (exact) mass is 555 g/mol. The molecule has 2 amide bonds. The van der Waals surface area contributed by atoms with Gasteiger partial charge in [0.2, 0.25) is 0 Å². The van der Waals surface area contributed by atoms with E-state index in [-0.39, 0.29) is 24.7 Å². The molecule has 0 saturated carbocycles. The molecule has 0 saturated heterocycles. The summed E-state index contributed by atoms with van der Waals surface area (Å²) in [5.74, 6) is -1.00. The summed E-state index contributed by atoms with van der Waals surface area (Å²) in [6.45, 7) is 3.74. The van der Waals surface area contributed by atoms with Gasteiger partial charge in [-0.15, -0.1) is 0 Å². The first-order chi connectivity index (χ1) is 17.9. The van der Waals surface area contributed by atoms with Crippen LogP contribution in [-0.2, 0) is 24.2 Å². The molecular weight excluding hydrogens is 525 g/mol. The molecule has 0 unspecified atom stereocenters. The van der Waals surface area contributed by atoms with Crippen molar-refractivity contribution in [2.75, 3.05) is 20.7 Å². The minimum Gasteiger partial charge on any atom is -0.490 e. The van der Waals surface area contributed by atoms with Gasteiger partial charge in [0.15, 0.2) is 17.2 Å². The van der Waals surface area contributed by atoms with Crippen molar-refractivity contribution in [1.29, 1.82) is 0 Å². The zero-order valence-electron chi connectivity index (χ0n) is 21.5. The second-order valence-corrected chi connectivity index (χ2v) is 9.83. The number of hydrogen-bond acceptors (Lipinski definition) is 6. The number of thiazole rings is 1. The second-order valence-electron chi connectivity index (χ2n) is 8.82. The summed E-state index contributed by atoms with van der Waals surface area (Å²) in [6.07, 6.45) is -0.959. The number of halogens is 3. The minimum atomic E-state index is -4.67. The van der Waals surface area contributed by atoms with Crippen molar-refractivity contribution in [1.82, 2.24) is 9.47 Å². The number of fused-ring (bicyclic) bond motifs is 1. The average molecular weight is 556 g/mol. The van der Waals surface area contributed by atoms with E-state index in [2.05, 4.69) is 4.99 Å². The van der Waals surface area contributed by atoms with Crippen LogP contribution in [0.3, 0.4) is 0 Å². The molecule has 3 aromatic rings. The standard InChI is InChI=1S/C25H30F3N4O5S/c1-5-6-10-32-19-13-31(15-37-24(35)30(3)4)11-9-21(19)38-23(32)29-22(34)18-12-17(25(26,27)28)7-8-20(18)36-14-16(2)33/h7-9,11-13,16,33H,5-6,10,14-15H2,1-4H3/q+1/b29-23-/t16-/m0/s1. The molecule has 1 aromatic carbocycles. The Kier molecular flexibility index (Phi) is 9.50. The van der Waals surface area contributed by atoms with Crippen LogP contribution in [0.1, 0.15) is 42.6 Å². The van der Waals surface area contributed by atoms with Crippen LogP contribution >= 0.6 is 11.3 Å². The van der Waals surface area contributed by atoms with Gasteiger partial charge in [-0.1, -0.05) is 24.7 Å². The van der Waals surface area contributed by atoms with E-state index in [0.29, 0.717) is 17.4 Å². The topological polar surface area (TPSA) is 97.2 Å². The summed E-state index contributed by atoms with van der Waals surface area (Å²) in [6, 6.07) is 4.37. The van der Waals surface area contributed by atoms with Gasteiger partial charge in [-0.05, 0) is 31.5 Å². The molecule has 1 atom stereocenters. The van der Waals surface area contributed by atoms with Gasteiger partial charge in [0.25, 0.3) is 12.6 Å². The number of carbonyl (C=O) groups is 2. The van der Waals surface area contributed by atoms with Crippen LogP contribution in [0.5, 0.6) is 5.75 Å². The fourth-order valence-corrected chi connectivity index (χ4v) is 4.39. The molecule has 3 rings (SSSR count). The van der Waals surface area contributed by atoms with Crippen LogP contribution in [0.4, 0.5) is 18.0 Å². The van der Waals surface area contributed by atoms with Gasteiger partial charge >= 0.3 is 12.3 Å². The van der Waals surface area contributed by atoms with Crippen LogP contribution in [0.15, 0.2) is 41.7 Å². The lowest BCUT2D eigenvalue weighted by Gasteiger charge is -2.13. The number of aromatic nitrogens is 2. The normalized spacial score (nSPS) is 13.0. The molecule has 0 fully saturated rings. The second kappa shape index (κ2) is 12.4. The van der Waals surface area contributed by atoms with E-state index < -0.39 is 29.8 Å². The van der Waals surface area contributed by atoms with Gasteiger partial charge < -0.3 is 24.0 Å². The van der Waals surface area contributed by atoms with Gasteiger partial charge in [-0.2, -0.15) is 22.7 Å². The number of aliphatic hydroxyl groups is 1. The molecule has 206 valence electrons. The van der Waals surface area contributed by atoms with E-state index >= 15 is 0 Å². The zero-order chi connectivity index (χ0) is 28.0. The first-order valence-corrected chi connectivity index (χ1v) is 12.7. The first kappa shape index (κ1) is 29.1. The number of aryl methyl sites for hydroxylation is 1. The number of carbonyl (C=O) groups excluding carboxylic acids is 2. The Morgan fingerprint density at radius 3 is 2.63 bits per heavy atom. The highest BCUT2D eigenvalue weighted by Gasteiger charge is 2.32. The lowest BCUT2D eigenvalue weighted by atomic mass is 10.1. The van der Waals surface area contributed by atoms with E-state index in [4.69, 9.17) is 9.47 Å². The van der Waals surface area contributed by atoms with Gasteiger partial charge in [0.1, 0.15) is 17.9 Å². The number of rotatable bonds is 9.